The number of benzene rings is 8. The molecule has 0 aliphatic rings. The Morgan fingerprint density at radius 3 is 1.64 bits per heavy atom. The van der Waals surface area contributed by atoms with Gasteiger partial charge in [-0.05, 0) is 91.3 Å². The largest absolute Gasteiger partial charge is 0.456 e. The topological polar surface area (TPSA) is 38.9 Å². The van der Waals surface area contributed by atoms with Crippen molar-refractivity contribution in [1.82, 2.24) is 9.97 Å². The van der Waals surface area contributed by atoms with Crippen LogP contribution in [0.25, 0.3) is 98.7 Å². The van der Waals surface area contributed by atoms with Crippen LogP contribution in [0.5, 0.6) is 0 Å². The van der Waals surface area contributed by atoms with Crippen LogP contribution in [-0.2, 0) is 0 Å². The fraction of sp³-hybridized carbons (Fsp3) is 0. The van der Waals surface area contributed by atoms with Gasteiger partial charge in [0.15, 0.2) is 0 Å². The molecule has 218 valence electrons. The van der Waals surface area contributed by atoms with Crippen LogP contribution in [0.15, 0.2) is 162 Å². The smallest absolute Gasteiger partial charge is 0.135 e. The lowest BCUT2D eigenvalue weighted by molar-refractivity contribution is 0.669. The molecular weight excluding hydrogens is 572 g/mol. The van der Waals surface area contributed by atoms with Crippen LogP contribution >= 0.6 is 0 Å². The minimum atomic E-state index is 0.895. The first-order chi connectivity index (χ1) is 23.3. The molecule has 2 aromatic heterocycles. The van der Waals surface area contributed by atoms with E-state index in [1.54, 1.807) is 12.4 Å². The normalized spacial score (nSPS) is 11.8. The molecule has 0 amide bonds. The zero-order valence-electron chi connectivity index (χ0n) is 25.3. The minimum absolute atomic E-state index is 0.895. The maximum absolute atomic E-state index is 6.31. The summed E-state index contributed by atoms with van der Waals surface area (Å²) >= 11 is 0. The predicted octanol–water partition coefficient (Wildman–Crippen LogP) is 12.0. The molecule has 47 heavy (non-hydrogen) atoms. The van der Waals surface area contributed by atoms with E-state index in [1.807, 2.05) is 0 Å². The van der Waals surface area contributed by atoms with E-state index in [-0.39, 0.29) is 0 Å². The first kappa shape index (κ1) is 26.0. The minimum Gasteiger partial charge on any atom is -0.456 e. The van der Waals surface area contributed by atoms with Crippen LogP contribution in [0.2, 0.25) is 0 Å². The summed E-state index contributed by atoms with van der Waals surface area (Å²) in [5.74, 6) is 0. The highest BCUT2D eigenvalue weighted by Gasteiger charge is 2.14. The van der Waals surface area contributed by atoms with Crippen LogP contribution in [0.3, 0.4) is 0 Å². The van der Waals surface area contributed by atoms with Crippen molar-refractivity contribution in [2.24, 2.45) is 0 Å². The molecule has 0 aliphatic carbocycles. The Bertz CT molecular complexity index is 2820. The second-order valence-electron chi connectivity index (χ2n) is 12.2. The van der Waals surface area contributed by atoms with Crippen LogP contribution in [0, 0.1) is 0 Å². The second kappa shape index (κ2) is 10.1. The van der Waals surface area contributed by atoms with Gasteiger partial charge in [-0.1, -0.05) is 109 Å². The quantitative estimate of drug-likeness (QED) is 0.190. The van der Waals surface area contributed by atoms with Crippen molar-refractivity contribution in [3.8, 4) is 33.4 Å². The molecule has 0 unspecified atom stereocenters. The lowest BCUT2D eigenvalue weighted by atomic mass is 9.94. The van der Waals surface area contributed by atoms with Crippen molar-refractivity contribution in [3.63, 3.8) is 0 Å². The molecule has 0 atom stereocenters. The van der Waals surface area contributed by atoms with Crippen LogP contribution in [-0.4, -0.2) is 9.97 Å². The first-order valence-electron chi connectivity index (χ1n) is 15.9. The summed E-state index contributed by atoms with van der Waals surface area (Å²) in [6, 6.07) is 52.1. The number of furan rings is 1. The van der Waals surface area contributed by atoms with Gasteiger partial charge in [0.2, 0.25) is 0 Å². The van der Waals surface area contributed by atoms with E-state index in [9.17, 15) is 0 Å². The molecule has 0 bridgehead atoms. The third kappa shape index (κ3) is 4.07. The SMILES string of the molecule is c1cc(-c2ccc3oc4ccc(-c5cccc6ccccc56)cc4c3c2)cc(-c2ccc3c(c2)c2ccccc2c2nccnc32)c1. The maximum Gasteiger partial charge on any atom is 0.135 e. The molecule has 0 spiro atoms. The molecular formula is C44H26N2O. The summed E-state index contributed by atoms with van der Waals surface area (Å²) < 4.78 is 6.31. The van der Waals surface area contributed by atoms with E-state index in [0.29, 0.717) is 0 Å². The molecule has 10 aromatic rings. The standard InChI is InChI=1S/C44H26N2O/c1-2-11-33-27(7-1)8-6-14-34(33)32-17-20-42-40(26-32)39-25-31(16-19-41(39)47-42)29-10-5-9-28(23-29)30-15-18-37-38(24-30)35-12-3-4-13-36(35)43-44(37)46-22-21-45-43/h1-26H. The van der Waals surface area contributed by atoms with Crippen LogP contribution in [0.1, 0.15) is 0 Å². The summed E-state index contributed by atoms with van der Waals surface area (Å²) in [5, 5.41) is 9.35. The van der Waals surface area contributed by atoms with E-state index in [0.717, 1.165) is 49.3 Å². The molecule has 0 aliphatic heterocycles. The first-order valence-corrected chi connectivity index (χ1v) is 15.9. The molecule has 0 saturated heterocycles. The van der Waals surface area contributed by atoms with Crippen LogP contribution in [0.4, 0.5) is 0 Å². The highest BCUT2D eigenvalue weighted by molar-refractivity contribution is 6.23. The van der Waals surface area contributed by atoms with E-state index < -0.39 is 0 Å². The number of aromatic nitrogens is 2. The summed E-state index contributed by atoms with van der Waals surface area (Å²) in [6.45, 7) is 0. The van der Waals surface area contributed by atoms with Gasteiger partial charge in [-0.2, -0.15) is 0 Å². The number of hydrogen-bond donors (Lipinski definition) is 0. The van der Waals surface area contributed by atoms with Crippen molar-refractivity contribution in [2.45, 2.75) is 0 Å². The Hall–Kier alpha value is -6.32. The molecule has 2 heterocycles. The fourth-order valence-electron chi connectivity index (χ4n) is 7.29. The summed E-state index contributed by atoms with van der Waals surface area (Å²) in [5.41, 5.74) is 10.7. The highest BCUT2D eigenvalue weighted by atomic mass is 16.3. The van der Waals surface area contributed by atoms with Crippen molar-refractivity contribution in [3.05, 3.63) is 158 Å². The van der Waals surface area contributed by atoms with Gasteiger partial charge in [0, 0.05) is 33.9 Å². The summed E-state index contributed by atoms with van der Waals surface area (Å²) in [4.78, 5) is 9.41. The fourth-order valence-corrected chi connectivity index (χ4v) is 7.29. The third-order valence-corrected chi connectivity index (χ3v) is 9.54. The second-order valence-corrected chi connectivity index (χ2v) is 12.2. The van der Waals surface area contributed by atoms with Gasteiger partial charge >= 0.3 is 0 Å². The van der Waals surface area contributed by atoms with Gasteiger partial charge in [-0.15, -0.1) is 0 Å². The number of fused-ring (bicyclic) bond motifs is 10. The molecule has 0 fully saturated rings. The maximum atomic E-state index is 6.31. The van der Waals surface area contributed by atoms with E-state index in [4.69, 9.17) is 9.40 Å². The molecule has 8 aromatic carbocycles. The lowest BCUT2D eigenvalue weighted by Gasteiger charge is -2.11. The molecule has 0 saturated carbocycles. The Kier molecular flexibility index (Phi) is 5.57. The molecule has 10 rings (SSSR count). The van der Waals surface area contributed by atoms with E-state index in [1.165, 1.54) is 49.4 Å². The molecule has 0 radical (unpaired) electrons. The zero-order valence-corrected chi connectivity index (χ0v) is 25.3. The van der Waals surface area contributed by atoms with Gasteiger partial charge in [-0.3, -0.25) is 9.97 Å². The van der Waals surface area contributed by atoms with Crippen molar-refractivity contribution in [1.29, 1.82) is 0 Å². The monoisotopic (exact) mass is 598 g/mol. The Morgan fingerprint density at radius 2 is 0.872 bits per heavy atom. The predicted molar refractivity (Wildman–Crippen MR) is 196 cm³/mol. The summed E-state index contributed by atoms with van der Waals surface area (Å²) in [6.07, 6.45) is 3.55. The summed E-state index contributed by atoms with van der Waals surface area (Å²) in [7, 11) is 0. The van der Waals surface area contributed by atoms with Crippen molar-refractivity contribution >= 4 is 65.3 Å². The molecule has 3 nitrogen and oxygen atoms in total. The van der Waals surface area contributed by atoms with Crippen LogP contribution < -0.4 is 0 Å². The van der Waals surface area contributed by atoms with Crippen molar-refractivity contribution in [2.75, 3.05) is 0 Å². The average Bonchev–Trinajstić information content (AvgIpc) is 3.52. The highest BCUT2D eigenvalue weighted by Crippen LogP contribution is 2.39. The van der Waals surface area contributed by atoms with Crippen molar-refractivity contribution < 1.29 is 4.42 Å². The Balaban J connectivity index is 1.10. The Labute approximate surface area is 270 Å². The van der Waals surface area contributed by atoms with Gasteiger partial charge in [-0.25, -0.2) is 0 Å². The van der Waals surface area contributed by atoms with Gasteiger partial charge in [0.25, 0.3) is 0 Å². The molecule has 0 N–H and O–H groups in total. The van der Waals surface area contributed by atoms with E-state index >= 15 is 0 Å². The third-order valence-electron chi connectivity index (χ3n) is 9.54. The van der Waals surface area contributed by atoms with Gasteiger partial charge in [0.05, 0.1) is 11.0 Å². The molecule has 3 heteroatoms. The zero-order chi connectivity index (χ0) is 30.9. The van der Waals surface area contributed by atoms with Gasteiger partial charge in [0.1, 0.15) is 11.2 Å². The van der Waals surface area contributed by atoms with E-state index in [2.05, 4.69) is 151 Å². The Morgan fingerprint density at radius 1 is 0.340 bits per heavy atom. The number of hydrogen-bond acceptors (Lipinski definition) is 3. The van der Waals surface area contributed by atoms with Gasteiger partial charge < -0.3 is 4.42 Å². The lowest BCUT2D eigenvalue weighted by Crippen LogP contribution is -1.89. The number of nitrogens with zero attached hydrogens (tertiary/aromatic N) is 2. The number of rotatable bonds is 3. The average molecular weight is 599 g/mol.